The number of amides is 1. The molecule has 0 N–H and O–H groups in total. The van der Waals surface area contributed by atoms with Crippen molar-refractivity contribution in [2.75, 3.05) is 7.05 Å². The van der Waals surface area contributed by atoms with Crippen LogP contribution >= 0.6 is 0 Å². The minimum absolute atomic E-state index is 0.0413. The average Bonchev–Trinajstić information content (AvgIpc) is 2.64. The molecule has 0 unspecified atom stereocenters. The van der Waals surface area contributed by atoms with Gasteiger partial charge >= 0.3 is 6.55 Å². The minimum Gasteiger partial charge on any atom is -0.327 e. The van der Waals surface area contributed by atoms with Gasteiger partial charge in [-0.15, -0.1) is 6.42 Å². The predicted molar refractivity (Wildman–Crippen MR) is 48.8 cm³/mol. The first-order valence-electron chi connectivity index (χ1n) is 4.07. The summed E-state index contributed by atoms with van der Waals surface area (Å²) < 4.78 is 25.4. The van der Waals surface area contributed by atoms with E-state index >= 15 is 0 Å². The number of alkyl halides is 2. The Morgan fingerprint density at radius 3 is 3.00 bits per heavy atom. The lowest BCUT2D eigenvalue weighted by molar-refractivity contribution is -0.124. The van der Waals surface area contributed by atoms with Crippen LogP contribution < -0.4 is 0 Å². The molecule has 1 heterocycles. The van der Waals surface area contributed by atoms with Crippen LogP contribution in [-0.2, 0) is 11.3 Å². The normalized spacial score (nSPS) is 10.1. The SMILES string of the molecule is C#CC(=O)N(C)Cc1nccn1C(F)F. The van der Waals surface area contributed by atoms with Crippen molar-refractivity contribution in [3.05, 3.63) is 18.2 Å². The van der Waals surface area contributed by atoms with Crippen LogP contribution in [0.5, 0.6) is 0 Å². The highest BCUT2D eigenvalue weighted by Gasteiger charge is 2.14. The maximum atomic E-state index is 12.4. The van der Waals surface area contributed by atoms with Crippen molar-refractivity contribution < 1.29 is 13.6 Å². The Morgan fingerprint density at radius 1 is 1.80 bits per heavy atom. The topological polar surface area (TPSA) is 38.1 Å². The molecule has 15 heavy (non-hydrogen) atoms. The number of hydrogen-bond acceptors (Lipinski definition) is 2. The van der Waals surface area contributed by atoms with Crippen molar-refractivity contribution in [2.24, 2.45) is 0 Å². The summed E-state index contributed by atoms with van der Waals surface area (Å²) in [6, 6.07) is 0. The Hall–Kier alpha value is -1.90. The molecule has 0 aliphatic carbocycles. The largest absolute Gasteiger partial charge is 0.327 e. The van der Waals surface area contributed by atoms with Crippen molar-refractivity contribution in [2.45, 2.75) is 13.1 Å². The highest BCUT2D eigenvalue weighted by Crippen LogP contribution is 2.13. The molecule has 1 aromatic heterocycles. The van der Waals surface area contributed by atoms with Gasteiger partial charge in [-0.05, 0) is 5.92 Å². The van der Waals surface area contributed by atoms with Gasteiger partial charge in [0.2, 0.25) is 0 Å². The molecule has 4 nitrogen and oxygen atoms in total. The van der Waals surface area contributed by atoms with E-state index in [-0.39, 0.29) is 12.4 Å². The van der Waals surface area contributed by atoms with Crippen molar-refractivity contribution in [1.82, 2.24) is 14.5 Å². The van der Waals surface area contributed by atoms with Crippen LogP contribution in [0.25, 0.3) is 0 Å². The van der Waals surface area contributed by atoms with Crippen LogP contribution in [0, 0.1) is 12.3 Å². The first kappa shape index (κ1) is 11.2. The number of nitrogens with zero attached hydrogens (tertiary/aromatic N) is 3. The molecule has 1 amide bonds. The van der Waals surface area contributed by atoms with Crippen molar-refractivity contribution in [3.8, 4) is 12.3 Å². The maximum absolute atomic E-state index is 12.4. The van der Waals surface area contributed by atoms with Crippen molar-refractivity contribution in [1.29, 1.82) is 0 Å². The molecule has 0 saturated heterocycles. The number of hydrogen-bond donors (Lipinski definition) is 0. The summed E-state index contributed by atoms with van der Waals surface area (Å²) in [7, 11) is 1.42. The predicted octanol–water partition coefficient (Wildman–Crippen LogP) is 0.870. The average molecular weight is 213 g/mol. The first-order valence-corrected chi connectivity index (χ1v) is 4.07. The van der Waals surface area contributed by atoms with E-state index in [1.807, 2.05) is 5.92 Å². The lowest BCUT2D eigenvalue weighted by Crippen LogP contribution is -2.26. The van der Waals surface area contributed by atoms with Gasteiger partial charge in [-0.25, -0.2) is 4.98 Å². The van der Waals surface area contributed by atoms with Gasteiger partial charge in [-0.1, -0.05) is 0 Å². The Morgan fingerprint density at radius 2 is 2.47 bits per heavy atom. The third kappa shape index (κ3) is 2.53. The third-order valence-corrected chi connectivity index (χ3v) is 1.81. The lowest BCUT2D eigenvalue weighted by Gasteiger charge is -2.14. The second kappa shape index (κ2) is 4.55. The molecule has 0 aliphatic heterocycles. The molecule has 0 fully saturated rings. The fourth-order valence-electron chi connectivity index (χ4n) is 1.04. The minimum atomic E-state index is -2.67. The molecule has 0 aliphatic rings. The summed E-state index contributed by atoms with van der Waals surface area (Å²) in [5.74, 6) is 1.41. The number of terminal acetylenes is 1. The summed E-state index contributed by atoms with van der Waals surface area (Å²) in [6.45, 7) is -2.71. The van der Waals surface area contributed by atoms with Crippen molar-refractivity contribution in [3.63, 3.8) is 0 Å². The van der Waals surface area contributed by atoms with Gasteiger partial charge in [-0.3, -0.25) is 9.36 Å². The second-order valence-corrected chi connectivity index (χ2v) is 2.83. The van der Waals surface area contributed by atoms with Crippen LogP contribution in [-0.4, -0.2) is 27.4 Å². The molecule has 1 rings (SSSR count). The zero-order valence-corrected chi connectivity index (χ0v) is 8.02. The zero-order valence-electron chi connectivity index (χ0n) is 8.02. The van der Waals surface area contributed by atoms with Crippen LogP contribution in [0.15, 0.2) is 12.4 Å². The van der Waals surface area contributed by atoms with E-state index in [0.29, 0.717) is 4.57 Å². The van der Waals surface area contributed by atoms with Crippen LogP contribution in [0.2, 0.25) is 0 Å². The van der Waals surface area contributed by atoms with E-state index in [2.05, 4.69) is 4.98 Å². The number of carbonyl (C=O) groups excluding carboxylic acids is 1. The highest BCUT2D eigenvalue weighted by atomic mass is 19.3. The summed E-state index contributed by atoms with van der Waals surface area (Å²) in [4.78, 5) is 15.8. The summed E-state index contributed by atoms with van der Waals surface area (Å²) in [5, 5.41) is 0. The quantitative estimate of drug-likeness (QED) is 0.699. The second-order valence-electron chi connectivity index (χ2n) is 2.83. The maximum Gasteiger partial charge on any atom is 0.319 e. The van der Waals surface area contributed by atoms with Crippen LogP contribution in [0.1, 0.15) is 12.4 Å². The molecular formula is C9H9F2N3O. The first-order chi connectivity index (χ1) is 7.06. The van der Waals surface area contributed by atoms with Gasteiger partial charge in [-0.2, -0.15) is 8.78 Å². The number of rotatable bonds is 3. The van der Waals surface area contributed by atoms with Gasteiger partial charge in [0.15, 0.2) is 0 Å². The summed E-state index contributed by atoms with van der Waals surface area (Å²) in [6.07, 6.45) is 7.28. The third-order valence-electron chi connectivity index (χ3n) is 1.81. The lowest BCUT2D eigenvalue weighted by atomic mass is 10.5. The number of halogens is 2. The van der Waals surface area contributed by atoms with Gasteiger partial charge in [0, 0.05) is 19.4 Å². The van der Waals surface area contributed by atoms with Gasteiger partial charge < -0.3 is 4.90 Å². The molecule has 1 aromatic rings. The van der Waals surface area contributed by atoms with Crippen LogP contribution in [0.3, 0.4) is 0 Å². The molecule has 0 bridgehead atoms. The number of carbonyl (C=O) groups is 1. The van der Waals surface area contributed by atoms with E-state index in [4.69, 9.17) is 6.42 Å². The van der Waals surface area contributed by atoms with Crippen molar-refractivity contribution >= 4 is 5.91 Å². The van der Waals surface area contributed by atoms with Crippen LogP contribution in [0.4, 0.5) is 8.78 Å². The fourth-order valence-corrected chi connectivity index (χ4v) is 1.04. The molecule has 6 heteroatoms. The summed E-state index contributed by atoms with van der Waals surface area (Å²) >= 11 is 0. The molecule has 80 valence electrons. The Labute approximate surface area is 85.5 Å². The fraction of sp³-hybridized carbons (Fsp3) is 0.333. The van der Waals surface area contributed by atoms with E-state index in [1.165, 1.54) is 13.2 Å². The number of aromatic nitrogens is 2. The zero-order chi connectivity index (χ0) is 11.4. The molecule has 0 spiro atoms. The monoisotopic (exact) mass is 213 g/mol. The van der Waals surface area contributed by atoms with E-state index in [1.54, 1.807) is 0 Å². The van der Waals surface area contributed by atoms with E-state index in [0.717, 1.165) is 11.1 Å². The van der Waals surface area contributed by atoms with E-state index < -0.39 is 12.5 Å². The Bertz CT molecular complexity index is 394. The standard InChI is InChI=1S/C9H9F2N3O/c1-3-8(15)13(2)6-7-12-4-5-14(7)9(10)11/h1,4-5,9H,6H2,2H3. The molecule has 0 saturated carbocycles. The molecule has 0 radical (unpaired) electrons. The summed E-state index contributed by atoms with van der Waals surface area (Å²) in [5.41, 5.74) is 0. The highest BCUT2D eigenvalue weighted by molar-refractivity contribution is 5.92. The van der Waals surface area contributed by atoms with Gasteiger partial charge in [0.1, 0.15) is 5.82 Å². The smallest absolute Gasteiger partial charge is 0.319 e. The Balaban J connectivity index is 2.77. The molecule has 0 atom stereocenters. The van der Waals surface area contributed by atoms with Gasteiger partial charge in [0.25, 0.3) is 5.91 Å². The van der Waals surface area contributed by atoms with E-state index in [9.17, 15) is 13.6 Å². The number of imidazole rings is 1. The van der Waals surface area contributed by atoms with Gasteiger partial charge in [0.05, 0.1) is 6.54 Å². The Kier molecular flexibility index (Phi) is 3.39. The molecule has 0 aromatic carbocycles. The molecular weight excluding hydrogens is 204 g/mol.